The minimum absolute atomic E-state index is 0.00665. The zero-order chi connectivity index (χ0) is 15.9. The molecule has 1 atom stereocenters. The summed E-state index contributed by atoms with van der Waals surface area (Å²) in [6.45, 7) is 2.40. The molecule has 0 aliphatic carbocycles. The third kappa shape index (κ3) is 4.21. The smallest absolute Gasteiger partial charge is 0.273 e. The van der Waals surface area contributed by atoms with Crippen LogP contribution in [0.4, 0.5) is 5.69 Å². The van der Waals surface area contributed by atoms with Crippen LogP contribution in [0.25, 0.3) is 0 Å². The van der Waals surface area contributed by atoms with Gasteiger partial charge in [0.1, 0.15) is 12.4 Å². The number of nitro benzene ring substituents is 1. The molecule has 2 rings (SSSR count). The minimum Gasteiger partial charge on any atom is -0.488 e. The molecule has 0 radical (unpaired) electrons. The molecule has 4 nitrogen and oxygen atoms in total. The van der Waals surface area contributed by atoms with Gasteiger partial charge in [-0.15, -0.1) is 11.6 Å². The van der Waals surface area contributed by atoms with Crippen molar-refractivity contribution in [2.75, 3.05) is 0 Å². The van der Waals surface area contributed by atoms with E-state index in [0.29, 0.717) is 12.4 Å². The van der Waals surface area contributed by atoms with Crippen LogP contribution in [0.15, 0.2) is 48.5 Å². The van der Waals surface area contributed by atoms with Crippen LogP contribution in [0.3, 0.4) is 0 Å². The largest absolute Gasteiger partial charge is 0.488 e. The Labute approximate surface area is 134 Å². The summed E-state index contributed by atoms with van der Waals surface area (Å²) in [5, 5.41) is 10.7. The first-order valence-corrected chi connectivity index (χ1v) is 7.64. The molecule has 116 valence electrons. The number of hydrogen-bond acceptors (Lipinski definition) is 3. The zero-order valence-corrected chi connectivity index (χ0v) is 13.1. The molecular weight excluding hydrogens is 302 g/mol. The van der Waals surface area contributed by atoms with Crippen LogP contribution in [-0.4, -0.2) is 4.92 Å². The zero-order valence-electron chi connectivity index (χ0n) is 12.4. The summed E-state index contributed by atoms with van der Waals surface area (Å²) in [6, 6.07) is 14.3. The summed E-state index contributed by atoms with van der Waals surface area (Å²) >= 11 is 6.38. The Balaban J connectivity index is 2.24. The molecule has 0 saturated heterocycles. The van der Waals surface area contributed by atoms with Crippen molar-refractivity contribution < 1.29 is 9.66 Å². The SMILES string of the molecule is CCCC(Cl)c1ccc([N+](=O)[O-])cc1OCc1ccccc1. The van der Waals surface area contributed by atoms with Crippen molar-refractivity contribution in [3.05, 3.63) is 69.8 Å². The van der Waals surface area contributed by atoms with Gasteiger partial charge in [0, 0.05) is 11.6 Å². The van der Waals surface area contributed by atoms with Crippen LogP contribution in [-0.2, 0) is 6.61 Å². The van der Waals surface area contributed by atoms with Gasteiger partial charge in [0.05, 0.1) is 16.4 Å². The number of benzene rings is 2. The van der Waals surface area contributed by atoms with E-state index in [0.717, 1.165) is 24.0 Å². The molecule has 2 aromatic rings. The fourth-order valence-corrected chi connectivity index (χ4v) is 2.56. The van der Waals surface area contributed by atoms with Gasteiger partial charge in [0.25, 0.3) is 5.69 Å². The second kappa shape index (κ2) is 7.80. The number of ether oxygens (including phenoxy) is 1. The fraction of sp³-hybridized carbons (Fsp3) is 0.294. The summed E-state index contributed by atoms with van der Waals surface area (Å²) in [5.41, 5.74) is 1.80. The van der Waals surface area contributed by atoms with E-state index in [1.165, 1.54) is 12.1 Å². The van der Waals surface area contributed by atoms with E-state index in [2.05, 4.69) is 0 Å². The molecule has 22 heavy (non-hydrogen) atoms. The normalized spacial score (nSPS) is 11.9. The molecule has 0 aliphatic rings. The van der Waals surface area contributed by atoms with E-state index in [1.807, 2.05) is 37.3 Å². The second-order valence-corrected chi connectivity index (χ2v) is 5.54. The summed E-state index contributed by atoms with van der Waals surface area (Å²) in [7, 11) is 0. The average Bonchev–Trinajstić information content (AvgIpc) is 2.53. The summed E-state index contributed by atoms with van der Waals surface area (Å²) in [5.74, 6) is 0.478. The Bertz CT molecular complexity index is 631. The Morgan fingerprint density at radius 3 is 2.59 bits per heavy atom. The monoisotopic (exact) mass is 319 g/mol. The van der Waals surface area contributed by atoms with Crippen LogP contribution in [0.1, 0.15) is 36.3 Å². The maximum Gasteiger partial charge on any atom is 0.273 e. The van der Waals surface area contributed by atoms with Crippen LogP contribution >= 0.6 is 11.6 Å². The van der Waals surface area contributed by atoms with Gasteiger partial charge in [0.15, 0.2) is 0 Å². The molecule has 0 spiro atoms. The number of nitro groups is 1. The number of non-ortho nitro benzene ring substituents is 1. The molecule has 0 aliphatic heterocycles. The Kier molecular flexibility index (Phi) is 5.78. The van der Waals surface area contributed by atoms with Crippen LogP contribution < -0.4 is 4.74 Å². The van der Waals surface area contributed by atoms with Gasteiger partial charge >= 0.3 is 0 Å². The van der Waals surface area contributed by atoms with Crippen molar-refractivity contribution in [1.82, 2.24) is 0 Å². The third-order valence-corrected chi connectivity index (χ3v) is 3.78. The van der Waals surface area contributed by atoms with Gasteiger partial charge in [0.2, 0.25) is 0 Å². The van der Waals surface area contributed by atoms with Gasteiger partial charge in [-0.25, -0.2) is 0 Å². The van der Waals surface area contributed by atoms with Gasteiger partial charge < -0.3 is 4.74 Å². The molecule has 0 bridgehead atoms. The summed E-state index contributed by atoms with van der Waals surface area (Å²) < 4.78 is 5.79. The van der Waals surface area contributed by atoms with Crippen molar-refractivity contribution in [3.63, 3.8) is 0 Å². The lowest BCUT2D eigenvalue weighted by Crippen LogP contribution is -2.01. The van der Waals surface area contributed by atoms with E-state index in [1.54, 1.807) is 6.07 Å². The number of halogens is 1. The van der Waals surface area contributed by atoms with E-state index in [9.17, 15) is 10.1 Å². The van der Waals surface area contributed by atoms with Crippen molar-refractivity contribution in [2.45, 2.75) is 31.7 Å². The molecule has 0 aromatic heterocycles. The van der Waals surface area contributed by atoms with Crippen molar-refractivity contribution in [3.8, 4) is 5.75 Å². The van der Waals surface area contributed by atoms with Crippen molar-refractivity contribution >= 4 is 17.3 Å². The first-order chi connectivity index (χ1) is 10.6. The van der Waals surface area contributed by atoms with Crippen LogP contribution in [0.2, 0.25) is 0 Å². The second-order valence-electron chi connectivity index (χ2n) is 5.01. The lowest BCUT2D eigenvalue weighted by Gasteiger charge is -2.15. The Hall–Kier alpha value is -2.07. The van der Waals surface area contributed by atoms with E-state index in [-0.39, 0.29) is 11.1 Å². The molecule has 0 N–H and O–H groups in total. The molecule has 0 fully saturated rings. The average molecular weight is 320 g/mol. The number of alkyl halides is 1. The van der Waals surface area contributed by atoms with Gasteiger partial charge in [-0.1, -0.05) is 43.7 Å². The molecule has 5 heteroatoms. The fourth-order valence-electron chi connectivity index (χ4n) is 2.16. The standard InChI is InChI=1S/C17H18ClNO3/c1-2-6-16(18)15-10-9-14(19(20)21)11-17(15)22-12-13-7-4-3-5-8-13/h3-5,7-11,16H,2,6,12H2,1H3. The quantitative estimate of drug-likeness (QED) is 0.397. The molecule has 2 aromatic carbocycles. The molecular formula is C17H18ClNO3. The third-order valence-electron chi connectivity index (χ3n) is 3.32. The first-order valence-electron chi connectivity index (χ1n) is 7.21. The first kappa shape index (κ1) is 16.3. The van der Waals surface area contributed by atoms with Crippen molar-refractivity contribution in [2.24, 2.45) is 0 Å². The predicted octanol–water partition coefficient (Wildman–Crippen LogP) is 5.25. The number of rotatable bonds is 7. The number of hydrogen-bond donors (Lipinski definition) is 0. The molecule has 0 saturated carbocycles. The highest BCUT2D eigenvalue weighted by atomic mass is 35.5. The van der Waals surface area contributed by atoms with Gasteiger partial charge in [-0.2, -0.15) is 0 Å². The molecule has 1 unspecified atom stereocenters. The van der Waals surface area contributed by atoms with Gasteiger partial charge in [-0.3, -0.25) is 10.1 Å². The lowest BCUT2D eigenvalue weighted by atomic mass is 10.1. The summed E-state index contributed by atoms with van der Waals surface area (Å²) in [4.78, 5) is 10.5. The number of nitrogens with zero attached hydrogens (tertiary/aromatic N) is 1. The lowest BCUT2D eigenvalue weighted by molar-refractivity contribution is -0.385. The molecule has 0 amide bonds. The van der Waals surface area contributed by atoms with Crippen LogP contribution in [0.5, 0.6) is 5.75 Å². The Morgan fingerprint density at radius 2 is 1.95 bits per heavy atom. The van der Waals surface area contributed by atoms with E-state index >= 15 is 0 Å². The summed E-state index contributed by atoms with van der Waals surface area (Å²) in [6.07, 6.45) is 1.73. The Morgan fingerprint density at radius 1 is 1.23 bits per heavy atom. The van der Waals surface area contributed by atoms with Crippen LogP contribution in [0, 0.1) is 10.1 Å². The highest BCUT2D eigenvalue weighted by Crippen LogP contribution is 2.35. The van der Waals surface area contributed by atoms with E-state index < -0.39 is 4.92 Å². The predicted molar refractivity (Wildman–Crippen MR) is 87.4 cm³/mol. The van der Waals surface area contributed by atoms with Crippen molar-refractivity contribution in [1.29, 1.82) is 0 Å². The van der Waals surface area contributed by atoms with Gasteiger partial charge in [-0.05, 0) is 18.1 Å². The maximum absolute atomic E-state index is 11.0. The minimum atomic E-state index is -0.428. The molecule has 0 heterocycles. The van der Waals surface area contributed by atoms with E-state index in [4.69, 9.17) is 16.3 Å². The maximum atomic E-state index is 11.0. The highest BCUT2D eigenvalue weighted by Gasteiger charge is 2.17. The highest BCUT2D eigenvalue weighted by molar-refractivity contribution is 6.21. The topological polar surface area (TPSA) is 52.4 Å².